The van der Waals surface area contributed by atoms with Gasteiger partial charge in [0.25, 0.3) is 5.60 Å². The minimum Gasteiger partial charge on any atom is -0.349 e. The first kappa shape index (κ1) is 38.1. The van der Waals surface area contributed by atoms with Gasteiger partial charge in [0.15, 0.2) is 9.84 Å². The maximum Gasteiger partial charge on any atom is 0.430 e. The summed E-state index contributed by atoms with van der Waals surface area (Å²) in [5.74, 6) is -4.77. The molecule has 0 saturated carbocycles. The number of carbonyl (C=O) groups excluding carboxylic acids is 2. The molecule has 3 aromatic carbocycles. The number of nitrogens with zero attached hydrogens (tertiary/aromatic N) is 3. The standard InChI is InChI=1S/C33H30F9N3O5S/c34-23-8-10-24(11-9-23)51(48,49)29-19-45(30(47)44-14-12-43(13-15-44)16-17-46)18-25(29)21-4-6-22(7-5-21)31(32(37,38)39,33(40,41)42)50-20-26-27(35)2-1-3-28(26)36/h1-11,17,25,29H,12-16,18-20H2/t25-,29+/m0/s1. The Hall–Kier alpha value is -4.16. The van der Waals surface area contributed by atoms with E-state index in [0.717, 1.165) is 42.5 Å². The molecule has 2 aliphatic heterocycles. The van der Waals surface area contributed by atoms with Crippen LogP contribution in [0.2, 0.25) is 0 Å². The molecule has 0 unspecified atom stereocenters. The van der Waals surface area contributed by atoms with Crippen molar-refractivity contribution in [2.75, 3.05) is 45.8 Å². The summed E-state index contributed by atoms with van der Waals surface area (Å²) < 4.78 is 161. The molecule has 0 radical (unpaired) electrons. The number of hydrogen-bond donors (Lipinski definition) is 0. The molecule has 0 bridgehead atoms. The van der Waals surface area contributed by atoms with Crippen LogP contribution in [0.1, 0.15) is 22.6 Å². The van der Waals surface area contributed by atoms with Crippen LogP contribution in [-0.4, -0.2) is 98.9 Å². The summed E-state index contributed by atoms with van der Waals surface area (Å²) in [7, 11) is -4.38. The van der Waals surface area contributed by atoms with Gasteiger partial charge in [-0.1, -0.05) is 30.3 Å². The Morgan fingerprint density at radius 3 is 1.88 bits per heavy atom. The first-order valence-corrected chi connectivity index (χ1v) is 17.0. The minimum absolute atomic E-state index is 0.0427. The Balaban J connectivity index is 1.51. The van der Waals surface area contributed by atoms with E-state index in [-0.39, 0.29) is 36.6 Å². The lowest BCUT2D eigenvalue weighted by Gasteiger charge is -2.37. The maximum atomic E-state index is 14.5. The van der Waals surface area contributed by atoms with E-state index < -0.39 is 86.7 Å². The first-order chi connectivity index (χ1) is 23.9. The van der Waals surface area contributed by atoms with Crippen molar-refractivity contribution in [1.82, 2.24) is 14.7 Å². The number of amides is 2. The number of ether oxygens (including phenoxy) is 1. The molecule has 2 amide bonds. The number of sulfone groups is 1. The van der Waals surface area contributed by atoms with Gasteiger partial charge in [-0.3, -0.25) is 4.90 Å². The van der Waals surface area contributed by atoms with E-state index >= 15 is 0 Å². The average Bonchev–Trinajstić information content (AvgIpc) is 3.52. The molecule has 0 N–H and O–H groups in total. The third-order valence-corrected chi connectivity index (χ3v) is 11.3. The van der Waals surface area contributed by atoms with E-state index in [4.69, 9.17) is 0 Å². The van der Waals surface area contributed by atoms with Gasteiger partial charge in [0.1, 0.15) is 23.7 Å². The zero-order valence-corrected chi connectivity index (χ0v) is 27.2. The van der Waals surface area contributed by atoms with E-state index in [1.165, 1.54) is 9.80 Å². The number of carbonyl (C=O) groups is 2. The molecule has 276 valence electrons. The van der Waals surface area contributed by atoms with Gasteiger partial charge < -0.3 is 19.3 Å². The van der Waals surface area contributed by atoms with Crippen molar-refractivity contribution in [2.24, 2.45) is 0 Å². The summed E-state index contributed by atoms with van der Waals surface area (Å²) in [6.45, 7) is -1.20. The van der Waals surface area contributed by atoms with Crippen molar-refractivity contribution < 1.29 is 62.3 Å². The van der Waals surface area contributed by atoms with Crippen LogP contribution in [0.25, 0.3) is 0 Å². The number of urea groups is 1. The number of alkyl halides is 6. The third kappa shape index (κ3) is 7.44. The SMILES string of the molecule is O=CCN1CCN(C(=O)N2C[C@@H](S(=O)(=O)c3ccc(F)cc3)[C@H](c3ccc(C(OCc4c(F)cccc4F)(C(F)(F)F)C(F)(F)F)cc3)C2)CC1. The quantitative estimate of drug-likeness (QED) is 0.156. The van der Waals surface area contributed by atoms with Crippen LogP contribution >= 0.6 is 0 Å². The molecule has 3 aromatic rings. The predicted octanol–water partition coefficient (Wildman–Crippen LogP) is 5.82. The largest absolute Gasteiger partial charge is 0.430 e. The normalized spacial score (nSPS) is 19.4. The molecule has 2 aliphatic rings. The van der Waals surface area contributed by atoms with Crippen LogP contribution in [-0.2, 0) is 31.6 Å². The lowest BCUT2D eigenvalue weighted by molar-refractivity contribution is -0.392. The molecule has 8 nitrogen and oxygen atoms in total. The number of piperazine rings is 1. The van der Waals surface area contributed by atoms with Crippen molar-refractivity contribution in [3.8, 4) is 0 Å². The highest BCUT2D eigenvalue weighted by Gasteiger charge is 2.73. The summed E-state index contributed by atoms with van der Waals surface area (Å²) in [5.41, 5.74) is -7.77. The van der Waals surface area contributed by atoms with E-state index in [1.54, 1.807) is 4.90 Å². The van der Waals surface area contributed by atoms with E-state index in [0.29, 0.717) is 43.6 Å². The summed E-state index contributed by atoms with van der Waals surface area (Å²) in [6, 6.07) is 7.93. The second kappa shape index (κ2) is 14.5. The van der Waals surface area contributed by atoms with Crippen LogP contribution in [0.15, 0.2) is 71.6 Å². The molecule has 2 heterocycles. The highest BCUT2D eigenvalue weighted by molar-refractivity contribution is 7.92. The number of aldehydes is 1. The van der Waals surface area contributed by atoms with Gasteiger partial charge in [-0.25, -0.2) is 26.4 Å². The highest BCUT2D eigenvalue weighted by atomic mass is 32.2. The molecule has 0 aromatic heterocycles. The molecule has 2 atom stereocenters. The first-order valence-electron chi connectivity index (χ1n) is 15.4. The second-order valence-corrected chi connectivity index (χ2v) is 14.2. The molecule has 0 aliphatic carbocycles. The Bertz CT molecular complexity index is 1800. The van der Waals surface area contributed by atoms with Crippen molar-refractivity contribution in [2.45, 2.75) is 40.6 Å². The highest BCUT2D eigenvalue weighted by Crippen LogP contribution is 2.53. The molecule has 5 rings (SSSR count). The van der Waals surface area contributed by atoms with Crippen LogP contribution < -0.4 is 0 Å². The van der Waals surface area contributed by atoms with Gasteiger partial charge in [-0.15, -0.1) is 0 Å². The van der Waals surface area contributed by atoms with Gasteiger partial charge >= 0.3 is 18.4 Å². The van der Waals surface area contributed by atoms with Gasteiger partial charge in [0.2, 0.25) is 0 Å². The monoisotopic (exact) mass is 751 g/mol. The Kier molecular flexibility index (Phi) is 10.8. The predicted molar refractivity (Wildman–Crippen MR) is 163 cm³/mol. The number of likely N-dealkylation sites (tertiary alicyclic amines) is 1. The van der Waals surface area contributed by atoms with Gasteiger partial charge in [0.05, 0.1) is 23.3 Å². The minimum atomic E-state index is -6.20. The number of halogens is 9. The second-order valence-electron chi connectivity index (χ2n) is 12.1. The van der Waals surface area contributed by atoms with Crippen molar-refractivity contribution in [3.63, 3.8) is 0 Å². The average molecular weight is 752 g/mol. The van der Waals surface area contributed by atoms with Gasteiger partial charge in [-0.05, 0) is 42.0 Å². The molecule has 2 fully saturated rings. The number of rotatable bonds is 9. The van der Waals surface area contributed by atoms with Crippen LogP contribution in [0.5, 0.6) is 0 Å². The van der Waals surface area contributed by atoms with Crippen molar-refractivity contribution in [1.29, 1.82) is 0 Å². The molecule has 51 heavy (non-hydrogen) atoms. The van der Waals surface area contributed by atoms with Gasteiger partial charge in [-0.2, -0.15) is 26.3 Å². The van der Waals surface area contributed by atoms with Crippen LogP contribution in [0.4, 0.5) is 44.3 Å². The Labute approximate surface area is 286 Å². The Morgan fingerprint density at radius 1 is 0.784 bits per heavy atom. The Morgan fingerprint density at radius 2 is 1.35 bits per heavy atom. The molecule has 2 saturated heterocycles. The van der Waals surface area contributed by atoms with E-state index in [2.05, 4.69) is 4.74 Å². The van der Waals surface area contributed by atoms with E-state index in [1.807, 2.05) is 0 Å². The molecular weight excluding hydrogens is 721 g/mol. The fourth-order valence-electron chi connectivity index (χ4n) is 6.34. The maximum absolute atomic E-state index is 14.5. The summed E-state index contributed by atoms with van der Waals surface area (Å²) >= 11 is 0. The topological polar surface area (TPSA) is 87.2 Å². The van der Waals surface area contributed by atoms with Crippen LogP contribution in [0, 0.1) is 17.5 Å². The lowest BCUT2D eigenvalue weighted by atomic mass is 9.88. The fraction of sp³-hybridized carbons (Fsp3) is 0.394. The molecule has 18 heteroatoms. The molecular formula is C33H30F9N3O5S. The zero-order chi connectivity index (χ0) is 37.4. The zero-order valence-electron chi connectivity index (χ0n) is 26.4. The van der Waals surface area contributed by atoms with Crippen molar-refractivity contribution >= 4 is 22.2 Å². The summed E-state index contributed by atoms with van der Waals surface area (Å²) in [4.78, 5) is 28.5. The number of benzene rings is 3. The van der Waals surface area contributed by atoms with Crippen LogP contribution in [0.3, 0.4) is 0 Å². The lowest BCUT2D eigenvalue weighted by Crippen LogP contribution is -2.55. The van der Waals surface area contributed by atoms with Crippen molar-refractivity contribution in [3.05, 3.63) is 101 Å². The van der Waals surface area contributed by atoms with Gasteiger partial charge in [0, 0.05) is 56.3 Å². The number of hydrogen-bond acceptors (Lipinski definition) is 6. The fourth-order valence-corrected chi connectivity index (χ4v) is 8.26. The molecule has 0 spiro atoms. The summed E-state index contributed by atoms with van der Waals surface area (Å²) in [6.07, 6.45) is -11.7. The summed E-state index contributed by atoms with van der Waals surface area (Å²) in [5, 5.41) is -1.45. The van der Waals surface area contributed by atoms with E-state index in [9.17, 15) is 57.5 Å². The third-order valence-electron chi connectivity index (χ3n) is 9.09. The smallest absolute Gasteiger partial charge is 0.349 e.